The van der Waals surface area contributed by atoms with Gasteiger partial charge in [-0.15, -0.1) is 4.73 Å². The molecule has 1 heterocycles. The van der Waals surface area contributed by atoms with E-state index in [-0.39, 0.29) is 18.3 Å². The van der Waals surface area contributed by atoms with E-state index in [0.29, 0.717) is 21.6 Å². The Kier molecular flexibility index (Phi) is 4.20. The normalized spacial score (nSPS) is 10.1. The van der Waals surface area contributed by atoms with Crippen LogP contribution in [0.4, 0.5) is 0 Å². The number of hydrogen-bond donors (Lipinski definition) is 0. The van der Waals surface area contributed by atoms with Crippen molar-refractivity contribution in [2.24, 2.45) is 0 Å². The van der Waals surface area contributed by atoms with Gasteiger partial charge in [0, 0.05) is 17.2 Å². The Hall–Kier alpha value is -2.56. The van der Waals surface area contributed by atoms with Crippen LogP contribution in [0, 0.1) is 5.21 Å². The van der Waals surface area contributed by atoms with Crippen molar-refractivity contribution in [3.05, 3.63) is 58.9 Å². The summed E-state index contributed by atoms with van der Waals surface area (Å²) in [5.74, 6) is 0.777. The van der Waals surface area contributed by atoms with Crippen molar-refractivity contribution >= 4 is 5.78 Å². The molecule has 0 spiro atoms. The highest BCUT2D eigenvalue weighted by molar-refractivity contribution is 5.94. The van der Waals surface area contributed by atoms with Crippen molar-refractivity contribution in [1.29, 1.82) is 0 Å². The zero-order valence-electron chi connectivity index (χ0n) is 11.3. The number of aromatic nitrogens is 1. The lowest BCUT2D eigenvalue weighted by molar-refractivity contribution is -0.613. The first-order valence-electron chi connectivity index (χ1n) is 6.10. The van der Waals surface area contributed by atoms with Gasteiger partial charge in [-0.3, -0.25) is 4.79 Å². The molecule has 0 N–H and O–H groups in total. The number of methoxy groups -OCH3 is 1. The maximum Gasteiger partial charge on any atom is 0.379 e. The Morgan fingerprint density at radius 1 is 1.30 bits per heavy atom. The van der Waals surface area contributed by atoms with Gasteiger partial charge in [-0.25, -0.2) is 0 Å². The largest absolute Gasteiger partial charge is 0.616 e. The minimum Gasteiger partial charge on any atom is -0.616 e. The van der Waals surface area contributed by atoms with Crippen LogP contribution in [0.2, 0.25) is 0 Å². The molecule has 0 aliphatic carbocycles. The molecule has 20 heavy (non-hydrogen) atoms. The molecule has 0 atom stereocenters. The van der Waals surface area contributed by atoms with Crippen LogP contribution >= 0.6 is 0 Å². The number of ether oxygens (including phenoxy) is 2. The fourth-order valence-electron chi connectivity index (χ4n) is 1.79. The van der Waals surface area contributed by atoms with Crippen LogP contribution in [0.5, 0.6) is 11.6 Å². The zero-order valence-corrected chi connectivity index (χ0v) is 11.3. The number of benzene rings is 1. The second-order valence-electron chi connectivity index (χ2n) is 4.24. The van der Waals surface area contributed by atoms with Gasteiger partial charge in [0.15, 0.2) is 12.0 Å². The lowest BCUT2D eigenvalue weighted by Gasteiger charge is -2.11. The van der Waals surface area contributed by atoms with Crippen molar-refractivity contribution in [3.8, 4) is 11.6 Å². The van der Waals surface area contributed by atoms with Gasteiger partial charge in [0.05, 0.1) is 13.2 Å². The summed E-state index contributed by atoms with van der Waals surface area (Å²) in [4.78, 5) is 11.4. The van der Waals surface area contributed by atoms with E-state index in [1.54, 1.807) is 43.5 Å². The molecule has 2 aromatic rings. The third kappa shape index (κ3) is 3.06. The van der Waals surface area contributed by atoms with E-state index >= 15 is 0 Å². The fraction of sp³-hybridized carbons (Fsp3) is 0.200. The summed E-state index contributed by atoms with van der Waals surface area (Å²) in [6.45, 7) is 1.64. The first-order chi connectivity index (χ1) is 9.61. The summed E-state index contributed by atoms with van der Waals surface area (Å²) < 4.78 is 11.3. The van der Waals surface area contributed by atoms with Crippen LogP contribution in [0.25, 0.3) is 0 Å². The molecule has 0 bridgehead atoms. The van der Waals surface area contributed by atoms with Crippen LogP contribution < -0.4 is 14.2 Å². The maximum atomic E-state index is 11.5. The molecule has 0 saturated carbocycles. The van der Waals surface area contributed by atoms with E-state index < -0.39 is 0 Å². The van der Waals surface area contributed by atoms with E-state index in [0.717, 1.165) is 0 Å². The van der Waals surface area contributed by atoms with E-state index in [1.807, 2.05) is 0 Å². The molecule has 0 radical (unpaired) electrons. The number of nitrogens with zero attached hydrogens (tertiary/aromatic N) is 1. The third-order valence-corrected chi connectivity index (χ3v) is 2.85. The Bertz CT molecular complexity index is 625. The molecular formula is C15H15NO4. The van der Waals surface area contributed by atoms with Gasteiger partial charge >= 0.3 is 5.88 Å². The van der Waals surface area contributed by atoms with Gasteiger partial charge in [-0.2, -0.15) is 0 Å². The fourth-order valence-corrected chi connectivity index (χ4v) is 1.79. The molecular weight excluding hydrogens is 258 g/mol. The maximum absolute atomic E-state index is 11.5. The Morgan fingerprint density at radius 3 is 2.75 bits per heavy atom. The lowest BCUT2D eigenvalue weighted by Crippen LogP contribution is -2.27. The highest BCUT2D eigenvalue weighted by atomic mass is 16.5. The van der Waals surface area contributed by atoms with Gasteiger partial charge in [-0.05, 0) is 31.2 Å². The SMILES string of the molecule is COc1ccc(C(C)=O)cc1COc1cccc[n+]1[O-]. The second kappa shape index (κ2) is 6.06. The summed E-state index contributed by atoms with van der Waals surface area (Å²) in [6.07, 6.45) is 1.36. The van der Waals surface area contributed by atoms with E-state index in [4.69, 9.17) is 9.47 Å². The quantitative estimate of drug-likeness (QED) is 0.475. The number of Topliss-reactive ketones (excluding diaryl/α,β-unsaturated/α-hetero) is 1. The van der Waals surface area contributed by atoms with Gasteiger partial charge in [0.2, 0.25) is 0 Å². The number of hydrogen-bond acceptors (Lipinski definition) is 4. The van der Waals surface area contributed by atoms with Crippen LogP contribution in [-0.2, 0) is 6.61 Å². The first-order valence-corrected chi connectivity index (χ1v) is 6.10. The molecule has 0 saturated heterocycles. The van der Waals surface area contributed by atoms with Gasteiger partial charge < -0.3 is 14.7 Å². The van der Waals surface area contributed by atoms with E-state index in [1.165, 1.54) is 13.1 Å². The predicted octanol–water partition coefficient (Wildman–Crippen LogP) is 2.11. The van der Waals surface area contributed by atoms with Crippen molar-refractivity contribution in [2.45, 2.75) is 13.5 Å². The highest BCUT2D eigenvalue weighted by Gasteiger charge is 2.10. The smallest absolute Gasteiger partial charge is 0.379 e. The van der Waals surface area contributed by atoms with E-state index in [2.05, 4.69) is 0 Å². The topological polar surface area (TPSA) is 62.5 Å². The van der Waals surface area contributed by atoms with Crippen molar-refractivity contribution in [3.63, 3.8) is 0 Å². The molecule has 1 aromatic heterocycles. The summed E-state index contributed by atoms with van der Waals surface area (Å²) in [5, 5.41) is 11.5. The average molecular weight is 273 g/mol. The van der Waals surface area contributed by atoms with Crippen molar-refractivity contribution in [1.82, 2.24) is 0 Å². The third-order valence-electron chi connectivity index (χ3n) is 2.85. The monoisotopic (exact) mass is 273 g/mol. The second-order valence-corrected chi connectivity index (χ2v) is 4.24. The highest BCUT2D eigenvalue weighted by Crippen LogP contribution is 2.21. The average Bonchev–Trinajstić information content (AvgIpc) is 2.46. The van der Waals surface area contributed by atoms with Gasteiger partial charge in [0.1, 0.15) is 12.4 Å². The van der Waals surface area contributed by atoms with Crippen LogP contribution in [-0.4, -0.2) is 12.9 Å². The van der Waals surface area contributed by atoms with Gasteiger partial charge in [-0.1, -0.05) is 0 Å². The minimum atomic E-state index is -0.0347. The molecule has 104 valence electrons. The number of ketones is 1. The molecule has 0 aliphatic rings. The molecule has 0 amide bonds. The molecule has 5 nitrogen and oxygen atoms in total. The van der Waals surface area contributed by atoms with Crippen LogP contribution in [0.1, 0.15) is 22.8 Å². The summed E-state index contributed by atoms with van der Waals surface area (Å²) in [5.41, 5.74) is 1.29. The predicted molar refractivity (Wildman–Crippen MR) is 72.7 cm³/mol. The molecule has 0 aliphatic heterocycles. The molecule has 2 rings (SSSR count). The minimum absolute atomic E-state index is 0.0347. The van der Waals surface area contributed by atoms with Crippen LogP contribution in [0.3, 0.4) is 0 Å². The van der Waals surface area contributed by atoms with Crippen molar-refractivity contribution in [2.75, 3.05) is 7.11 Å². The number of carbonyl (C=O) groups is 1. The molecule has 0 fully saturated rings. The molecule has 1 aromatic carbocycles. The number of rotatable bonds is 5. The summed E-state index contributed by atoms with van der Waals surface area (Å²) >= 11 is 0. The first kappa shape index (κ1) is 13.9. The van der Waals surface area contributed by atoms with Crippen LogP contribution in [0.15, 0.2) is 42.6 Å². The number of pyridine rings is 1. The standard InChI is InChI=1S/C15H15NO4/c1-11(17)12-6-7-14(19-2)13(9-12)10-20-15-5-3-4-8-16(15)18/h3-9H,10H2,1-2H3. The lowest BCUT2D eigenvalue weighted by atomic mass is 10.1. The van der Waals surface area contributed by atoms with E-state index in [9.17, 15) is 10.0 Å². The number of carbonyl (C=O) groups excluding carboxylic acids is 1. The molecule has 0 unspecified atom stereocenters. The zero-order chi connectivity index (χ0) is 14.5. The summed E-state index contributed by atoms with van der Waals surface area (Å²) in [6, 6.07) is 10.0. The summed E-state index contributed by atoms with van der Waals surface area (Å²) in [7, 11) is 1.54. The van der Waals surface area contributed by atoms with Gasteiger partial charge in [0.25, 0.3) is 0 Å². The molecule has 5 heteroatoms. The Labute approximate surface area is 117 Å². The Morgan fingerprint density at radius 2 is 2.10 bits per heavy atom. The van der Waals surface area contributed by atoms with Crippen molar-refractivity contribution < 1.29 is 19.0 Å². The Balaban J connectivity index is 2.22.